The molecule has 0 aromatic rings. The van der Waals surface area contributed by atoms with E-state index >= 15 is 0 Å². The lowest BCUT2D eigenvalue weighted by Gasteiger charge is -2.43. The third kappa shape index (κ3) is 6.30. The number of likely N-dealkylation sites (tertiary alicyclic amines) is 1. The van der Waals surface area contributed by atoms with Crippen molar-refractivity contribution in [2.45, 2.75) is 83.4 Å². The smallest absolute Gasteiger partial charge is 0.407 e. The second-order valence-corrected chi connectivity index (χ2v) is 8.20. The van der Waals surface area contributed by atoms with Crippen LogP contribution in [0.4, 0.5) is 4.79 Å². The molecule has 1 saturated carbocycles. The normalized spacial score (nSPS) is 27.7. The molecule has 1 heterocycles. The molecule has 0 aromatic carbocycles. The van der Waals surface area contributed by atoms with Gasteiger partial charge >= 0.3 is 6.09 Å². The van der Waals surface area contributed by atoms with Crippen molar-refractivity contribution in [2.24, 2.45) is 5.92 Å². The summed E-state index contributed by atoms with van der Waals surface area (Å²) in [6.45, 7) is 7.84. The molecule has 2 fully saturated rings. The van der Waals surface area contributed by atoms with E-state index < -0.39 is 5.60 Å². The zero-order valence-corrected chi connectivity index (χ0v) is 15.0. The molecule has 0 radical (unpaired) electrons. The summed E-state index contributed by atoms with van der Waals surface area (Å²) >= 11 is 0. The quantitative estimate of drug-likeness (QED) is 0.834. The summed E-state index contributed by atoms with van der Waals surface area (Å²) in [6.07, 6.45) is 7.95. The van der Waals surface area contributed by atoms with Gasteiger partial charge in [-0.3, -0.25) is 4.90 Å². The van der Waals surface area contributed by atoms with E-state index in [2.05, 4.69) is 10.2 Å². The second-order valence-electron chi connectivity index (χ2n) is 8.20. The van der Waals surface area contributed by atoms with Gasteiger partial charge < -0.3 is 15.2 Å². The monoisotopic (exact) mass is 326 g/mol. The van der Waals surface area contributed by atoms with Crippen LogP contribution in [0, 0.1) is 5.92 Å². The third-order valence-electron chi connectivity index (χ3n) is 4.91. The SMILES string of the molecule is CC(C)(C)OC(=O)NC1CC(CCO)CN(C2CCCCC2)C1. The van der Waals surface area contributed by atoms with E-state index in [9.17, 15) is 9.90 Å². The van der Waals surface area contributed by atoms with Crippen molar-refractivity contribution in [3.8, 4) is 0 Å². The maximum atomic E-state index is 12.1. The van der Waals surface area contributed by atoms with E-state index in [4.69, 9.17) is 4.74 Å². The number of aliphatic hydroxyl groups is 1. The van der Waals surface area contributed by atoms with Gasteiger partial charge in [0.15, 0.2) is 0 Å². The topological polar surface area (TPSA) is 61.8 Å². The first kappa shape index (κ1) is 18.5. The van der Waals surface area contributed by atoms with Gasteiger partial charge in [-0.05, 0) is 52.4 Å². The Morgan fingerprint density at radius 2 is 1.91 bits per heavy atom. The predicted octanol–water partition coefficient (Wildman–Crippen LogP) is 2.92. The van der Waals surface area contributed by atoms with Crippen molar-refractivity contribution in [2.75, 3.05) is 19.7 Å². The molecule has 0 spiro atoms. The van der Waals surface area contributed by atoms with Gasteiger partial charge in [0, 0.05) is 31.8 Å². The van der Waals surface area contributed by atoms with Crippen LogP contribution in [0.25, 0.3) is 0 Å². The minimum atomic E-state index is -0.466. The van der Waals surface area contributed by atoms with Crippen LogP contribution in [-0.4, -0.2) is 53.5 Å². The van der Waals surface area contributed by atoms with Crippen molar-refractivity contribution >= 4 is 6.09 Å². The van der Waals surface area contributed by atoms with E-state index in [1.807, 2.05) is 20.8 Å². The van der Waals surface area contributed by atoms with Gasteiger partial charge in [-0.25, -0.2) is 4.79 Å². The summed E-state index contributed by atoms with van der Waals surface area (Å²) in [7, 11) is 0. The maximum absolute atomic E-state index is 12.1. The number of amides is 1. The Morgan fingerprint density at radius 1 is 1.22 bits per heavy atom. The highest BCUT2D eigenvalue weighted by Gasteiger charge is 2.33. The number of hydrogen-bond donors (Lipinski definition) is 2. The molecule has 5 heteroatoms. The number of piperidine rings is 1. The summed E-state index contributed by atoms with van der Waals surface area (Å²) in [5.74, 6) is 0.454. The molecule has 2 N–H and O–H groups in total. The van der Waals surface area contributed by atoms with Crippen molar-refractivity contribution in [3.05, 3.63) is 0 Å². The van der Waals surface area contributed by atoms with Gasteiger partial charge in [0.25, 0.3) is 0 Å². The summed E-state index contributed by atoms with van der Waals surface area (Å²) < 4.78 is 5.40. The molecule has 0 bridgehead atoms. The Morgan fingerprint density at radius 3 is 2.52 bits per heavy atom. The molecule has 1 saturated heterocycles. The van der Waals surface area contributed by atoms with Crippen LogP contribution in [0.1, 0.15) is 65.7 Å². The van der Waals surface area contributed by atoms with E-state index in [0.717, 1.165) is 25.9 Å². The molecule has 2 rings (SSSR count). The van der Waals surface area contributed by atoms with Crippen LogP contribution in [0.3, 0.4) is 0 Å². The Bertz CT molecular complexity index is 375. The van der Waals surface area contributed by atoms with Crippen molar-refractivity contribution in [1.29, 1.82) is 0 Å². The first-order chi connectivity index (χ1) is 10.9. The summed E-state index contributed by atoms with van der Waals surface area (Å²) in [6, 6.07) is 0.769. The largest absolute Gasteiger partial charge is 0.444 e. The average Bonchev–Trinajstić information content (AvgIpc) is 2.46. The highest BCUT2D eigenvalue weighted by Crippen LogP contribution is 2.28. The lowest BCUT2D eigenvalue weighted by molar-refractivity contribution is 0.0364. The molecule has 1 aliphatic heterocycles. The molecule has 0 aromatic heterocycles. The second kappa shape index (κ2) is 8.34. The standard InChI is InChI=1S/C18H34N2O3/c1-18(2,3)23-17(22)19-15-11-14(9-10-21)12-20(13-15)16-7-5-4-6-8-16/h14-16,21H,4-13H2,1-3H3,(H,19,22). The number of carbonyl (C=O) groups is 1. The Balaban J connectivity index is 1.93. The number of alkyl carbamates (subject to hydrolysis) is 1. The number of rotatable bonds is 4. The fourth-order valence-corrected chi connectivity index (χ4v) is 3.96. The fourth-order valence-electron chi connectivity index (χ4n) is 3.96. The number of ether oxygens (including phenoxy) is 1. The highest BCUT2D eigenvalue weighted by atomic mass is 16.6. The lowest BCUT2D eigenvalue weighted by Crippen LogP contribution is -2.54. The zero-order valence-electron chi connectivity index (χ0n) is 15.0. The number of carbonyl (C=O) groups excluding carboxylic acids is 1. The van der Waals surface area contributed by atoms with Gasteiger partial charge in [0.05, 0.1) is 0 Å². The molecule has 1 aliphatic carbocycles. The van der Waals surface area contributed by atoms with Crippen LogP contribution in [0.2, 0.25) is 0 Å². The van der Waals surface area contributed by atoms with Crippen LogP contribution in [0.5, 0.6) is 0 Å². The number of nitrogens with one attached hydrogen (secondary N) is 1. The molecule has 23 heavy (non-hydrogen) atoms. The minimum absolute atomic E-state index is 0.122. The fraction of sp³-hybridized carbons (Fsp3) is 0.944. The lowest BCUT2D eigenvalue weighted by atomic mass is 9.87. The van der Waals surface area contributed by atoms with Crippen molar-refractivity contribution in [1.82, 2.24) is 10.2 Å². The first-order valence-corrected chi connectivity index (χ1v) is 9.22. The molecule has 1 amide bonds. The molecular weight excluding hydrogens is 292 g/mol. The molecule has 2 unspecified atom stereocenters. The molecule has 2 atom stereocenters. The Kier molecular flexibility index (Phi) is 6.72. The molecule has 5 nitrogen and oxygen atoms in total. The van der Waals surface area contributed by atoms with E-state index in [1.165, 1.54) is 32.1 Å². The van der Waals surface area contributed by atoms with Gasteiger partial charge in [-0.1, -0.05) is 19.3 Å². The Hall–Kier alpha value is -0.810. The van der Waals surface area contributed by atoms with E-state index in [1.54, 1.807) is 0 Å². The predicted molar refractivity (Wildman–Crippen MR) is 91.4 cm³/mol. The molecular formula is C18H34N2O3. The minimum Gasteiger partial charge on any atom is -0.444 e. The Labute approximate surface area is 140 Å². The van der Waals surface area contributed by atoms with Crippen LogP contribution >= 0.6 is 0 Å². The molecule has 2 aliphatic rings. The van der Waals surface area contributed by atoms with Crippen molar-refractivity contribution < 1.29 is 14.6 Å². The maximum Gasteiger partial charge on any atom is 0.407 e. The summed E-state index contributed by atoms with van der Waals surface area (Å²) in [4.78, 5) is 14.6. The molecule has 134 valence electrons. The third-order valence-corrected chi connectivity index (χ3v) is 4.91. The average molecular weight is 326 g/mol. The van der Waals surface area contributed by atoms with E-state index in [0.29, 0.717) is 12.0 Å². The van der Waals surface area contributed by atoms with Gasteiger partial charge in [-0.2, -0.15) is 0 Å². The van der Waals surface area contributed by atoms with Crippen LogP contribution < -0.4 is 5.32 Å². The van der Waals surface area contributed by atoms with Gasteiger partial charge in [0.1, 0.15) is 5.60 Å². The van der Waals surface area contributed by atoms with Crippen LogP contribution in [0.15, 0.2) is 0 Å². The number of nitrogens with zero attached hydrogens (tertiary/aromatic N) is 1. The number of aliphatic hydroxyl groups excluding tert-OH is 1. The van der Waals surface area contributed by atoms with Crippen LogP contribution in [-0.2, 0) is 4.74 Å². The van der Waals surface area contributed by atoms with Crippen molar-refractivity contribution in [3.63, 3.8) is 0 Å². The van der Waals surface area contributed by atoms with Gasteiger partial charge in [-0.15, -0.1) is 0 Å². The summed E-state index contributed by atoms with van der Waals surface area (Å²) in [5, 5.41) is 12.4. The highest BCUT2D eigenvalue weighted by molar-refractivity contribution is 5.68. The zero-order chi connectivity index (χ0) is 16.9. The summed E-state index contributed by atoms with van der Waals surface area (Å²) in [5.41, 5.74) is -0.466. The van der Waals surface area contributed by atoms with Gasteiger partial charge in [0.2, 0.25) is 0 Å². The van der Waals surface area contributed by atoms with E-state index in [-0.39, 0.29) is 18.7 Å². The number of hydrogen-bond acceptors (Lipinski definition) is 4. The first-order valence-electron chi connectivity index (χ1n) is 9.22.